The fourth-order valence-corrected chi connectivity index (χ4v) is 2.27. The Labute approximate surface area is 113 Å². The Morgan fingerprint density at radius 1 is 1.59 bits per heavy atom. The van der Waals surface area contributed by atoms with Crippen molar-refractivity contribution in [3.8, 4) is 5.75 Å². The monoisotopic (exact) mass is 312 g/mol. The van der Waals surface area contributed by atoms with Gasteiger partial charge in [-0.25, -0.2) is 0 Å². The fourth-order valence-electron chi connectivity index (χ4n) is 1.76. The third-order valence-electron chi connectivity index (χ3n) is 2.40. The highest BCUT2D eigenvalue weighted by molar-refractivity contribution is 9.11. The number of ether oxygens (including phenoxy) is 1. The minimum atomic E-state index is 0.635. The van der Waals surface area contributed by atoms with Gasteiger partial charge < -0.3 is 14.3 Å². The molecule has 1 heterocycles. The molecule has 0 aliphatic heterocycles. The SMILES string of the molecule is C=C(Br)Cn1c(=S)[nH]c2c(OCC)cccc21. The first-order chi connectivity index (χ1) is 8.13. The summed E-state index contributed by atoms with van der Waals surface area (Å²) >= 11 is 8.66. The molecule has 1 N–H and O–H groups in total. The maximum Gasteiger partial charge on any atom is 0.178 e. The Bertz CT molecular complexity index is 614. The molecule has 5 heteroatoms. The van der Waals surface area contributed by atoms with Crippen molar-refractivity contribution >= 4 is 39.2 Å². The normalized spacial score (nSPS) is 10.7. The molecule has 0 fully saturated rings. The standard InChI is InChI=1S/C12H13BrN2OS/c1-3-16-10-6-4-5-9-11(10)14-12(17)15(9)7-8(2)13/h4-6H,2-3,7H2,1H3,(H,14,17). The molecule has 0 bridgehead atoms. The van der Waals surface area contributed by atoms with Crippen molar-refractivity contribution in [2.75, 3.05) is 6.61 Å². The molecule has 3 nitrogen and oxygen atoms in total. The number of nitrogens with one attached hydrogen (secondary N) is 1. The smallest absolute Gasteiger partial charge is 0.178 e. The van der Waals surface area contributed by atoms with Gasteiger partial charge in [0.15, 0.2) is 4.77 Å². The van der Waals surface area contributed by atoms with E-state index in [9.17, 15) is 0 Å². The number of allylic oxidation sites excluding steroid dienone is 1. The lowest BCUT2D eigenvalue weighted by Gasteiger charge is -2.05. The highest BCUT2D eigenvalue weighted by Crippen LogP contribution is 2.25. The van der Waals surface area contributed by atoms with Crippen LogP contribution in [0.25, 0.3) is 11.0 Å². The number of benzene rings is 1. The van der Waals surface area contributed by atoms with E-state index < -0.39 is 0 Å². The Kier molecular flexibility index (Phi) is 3.69. The molecule has 90 valence electrons. The summed E-state index contributed by atoms with van der Waals surface area (Å²) in [7, 11) is 0. The van der Waals surface area contributed by atoms with Gasteiger partial charge in [-0.05, 0) is 31.3 Å². The van der Waals surface area contributed by atoms with Crippen molar-refractivity contribution in [1.29, 1.82) is 0 Å². The van der Waals surface area contributed by atoms with Crippen LogP contribution in [0.4, 0.5) is 0 Å². The molecule has 0 saturated carbocycles. The summed E-state index contributed by atoms with van der Waals surface area (Å²) in [4.78, 5) is 3.18. The lowest BCUT2D eigenvalue weighted by molar-refractivity contribution is 0.343. The van der Waals surface area contributed by atoms with Gasteiger partial charge in [0, 0.05) is 4.48 Å². The first-order valence-electron chi connectivity index (χ1n) is 5.31. The van der Waals surface area contributed by atoms with Gasteiger partial charge in [-0.15, -0.1) is 0 Å². The number of aromatic nitrogens is 2. The highest BCUT2D eigenvalue weighted by Gasteiger charge is 2.08. The van der Waals surface area contributed by atoms with Crippen LogP contribution in [0.5, 0.6) is 5.75 Å². The molecule has 0 aliphatic rings. The Balaban J connectivity index is 2.63. The number of para-hydroxylation sites is 1. The molecule has 0 amide bonds. The second kappa shape index (κ2) is 5.06. The van der Waals surface area contributed by atoms with E-state index >= 15 is 0 Å². The minimum Gasteiger partial charge on any atom is -0.492 e. The molecule has 2 aromatic rings. The third-order valence-corrected chi connectivity index (χ3v) is 2.97. The van der Waals surface area contributed by atoms with Crippen LogP contribution in [-0.2, 0) is 6.54 Å². The zero-order valence-corrected chi connectivity index (χ0v) is 11.9. The molecule has 2 rings (SSSR count). The first-order valence-corrected chi connectivity index (χ1v) is 6.51. The Morgan fingerprint density at radius 3 is 3.00 bits per heavy atom. The topological polar surface area (TPSA) is 29.9 Å². The van der Waals surface area contributed by atoms with Gasteiger partial charge in [-0.2, -0.15) is 0 Å². The van der Waals surface area contributed by atoms with Crippen LogP contribution < -0.4 is 4.74 Å². The number of nitrogens with zero attached hydrogens (tertiary/aromatic N) is 1. The van der Waals surface area contributed by atoms with Crippen molar-refractivity contribution in [3.63, 3.8) is 0 Å². The summed E-state index contributed by atoms with van der Waals surface area (Å²) in [6.07, 6.45) is 0. The van der Waals surface area contributed by atoms with Crippen molar-refractivity contribution in [1.82, 2.24) is 9.55 Å². The predicted molar refractivity (Wildman–Crippen MR) is 76.4 cm³/mol. The molecule has 1 aromatic carbocycles. The number of H-pyrrole nitrogens is 1. The quantitative estimate of drug-likeness (QED) is 0.865. The molecule has 0 spiro atoms. The van der Waals surface area contributed by atoms with Gasteiger partial charge in [-0.1, -0.05) is 28.6 Å². The number of aromatic amines is 1. The zero-order valence-electron chi connectivity index (χ0n) is 9.50. The van der Waals surface area contributed by atoms with Crippen LogP contribution in [0.2, 0.25) is 0 Å². The van der Waals surface area contributed by atoms with Gasteiger partial charge in [0.2, 0.25) is 0 Å². The molecule has 0 aliphatic carbocycles. The number of rotatable bonds is 4. The van der Waals surface area contributed by atoms with E-state index in [1.54, 1.807) is 0 Å². The molecular weight excluding hydrogens is 300 g/mol. The van der Waals surface area contributed by atoms with Gasteiger partial charge in [0.25, 0.3) is 0 Å². The summed E-state index contributed by atoms with van der Waals surface area (Å²) < 4.78 is 9.12. The van der Waals surface area contributed by atoms with Crippen LogP contribution in [0.15, 0.2) is 29.3 Å². The maximum atomic E-state index is 5.57. The zero-order chi connectivity index (χ0) is 12.4. The van der Waals surface area contributed by atoms with Gasteiger partial charge >= 0.3 is 0 Å². The van der Waals surface area contributed by atoms with E-state index in [-0.39, 0.29) is 0 Å². The molecule has 1 aromatic heterocycles. The molecule has 0 unspecified atom stereocenters. The van der Waals surface area contributed by atoms with E-state index in [4.69, 9.17) is 17.0 Å². The maximum absolute atomic E-state index is 5.57. The summed E-state index contributed by atoms with van der Waals surface area (Å²) in [5, 5.41) is 0. The van der Waals surface area contributed by atoms with Crippen LogP contribution in [-0.4, -0.2) is 16.2 Å². The Hall–Kier alpha value is -1.07. The van der Waals surface area contributed by atoms with Crippen molar-refractivity contribution in [2.24, 2.45) is 0 Å². The molecular formula is C12H13BrN2OS. The van der Waals surface area contributed by atoms with Crippen molar-refractivity contribution in [2.45, 2.75) is 13.5 Å². The molecule has 0 radical (unpaired) electrons. The number of halogens is 1. The summed E-state index contributed by atoms with van der Waals surface area (Å²) in [6.45, 7) is 7.09. The third kappa shape index (κ3) is 2.45. The number of hydrogen-bond donors (Lipinski definition) is 1. The van der Waals surface area contributed by atoms with E-state index in [0.717, 1.165) is 21.3 Å². The van der Waals surface area contributed by atoms with Gasteiger partial charge in [-0.3, -0.25) is 0 Å². The second-order valence-electron chi connectivity index (χ2n) is 3.62. The number of imidazole rings is 1. The molecule has 17 heavy (non-hydrogen) atoms. The van der Waals surface area contributed by atoms with E-state index in [1.165, 1.54) is 0 Å². The van der Waals surface area contributed by atoms with E-state index in [1.807, 2.05) is 29.7 Å². The summed E-state index contributed by atoms with van der Waals surface area (Å²) in [6, 6.07) is 5.91. The van der Waals surface area contributed by atoms with Crippen LogP contribution in [0, 0.1) is 4.77 Å². The second-order valence-corrected chi connectivity index (χ2v) is 5.13. The summed E-state index contributed by atoms with van der Waals surface area (Å²) in [5.74, 6) is 0.829. The lowest BCUT2D eigenvalue weighted by Crippen LogP contribution is -1.97. The van der Waals surface area contributed by atoms with Crippen LogP contribution >= 0.6 is 28.1 Å². The van der Waals surface area contributed by atoms with Gasteiger partial charge in [0.1, 0.15) is 11.3 Å². The minimum absolute atomic E-state index is 0.635. The average Bonchev–Trinajstić information content (AvgIpc) is 2.57. The molecule has 0 saturated heterocycles. The predicted octanol–water partition coefficient (Wildman–Crippen LogP) is 4.01. The Morgan fingerprint density at radius 2 is 2.35 bits per heavy atom. The number of fused-ring (bicyclic) bond motifs is 1. The summed E-state index contributed by atoms with van der Waals surface area (Å²) in [5.41, 5.74) is 1.97. The van der Waals surface area contributed by atoms with E-state index in [2.05, 4.69) is 27.5 Å². The van der Waals surface area contributed by atoms with Crippen LogP contribution in [0.1, 0.15) is 6.92 Å². The largest absolute Gasteiger partial charge is 0.492 e. The lowest BCUT2D eigenvalue weighted by atomic mass is 10.3. The van der Waals surface area contributed by atoms with Crippen molar-refractivity contribution < 1.29 is 4.74 Å². The first kappa shape index (κ1) is 12.4. The highest BCUT2D eigenvalue weighted by atomic mass is 79.9. The average molecular weight is 313 g/mol. The number of hydrogen-bond acceptors (Lipinski definition) is 2. The van der Waals surface area contributed by atoms with E-state index in [0.29, 0.717) is 17.9 Å². The fraction of sp³-hybridized carbons (Fsp3) is 0.250. The van der Waals surface area contributed by atoms with Crippen molar-refractivity contribution in [3.05, 3.63) is 34.0 Å². The van der Waals surface area contributed by atoms with Gasteiger partial charge in [0.05, 0.1) is 18.7 Å². The van der Waals surface area contributed by atoms with Crippen LogP contribution in [0.3, 0.4) is 0 Å². The molecule has 0 atom stereocenters.